The van der Waals surface area contributed by atoms with Gasteiger partial charge in [-0.1, -0.05) is 12.1 Å². The lowest BCUT2D eigenvalue weighted by Gasteiger charge is -2.10. The number of nitriles is 1. The Hall–Kier alpha value is -3.65. The maximum atomic E-state index is 12.7. The van der Waals surface area contributed by atoms with Crippen LogP contribution >= 0.6 is 0 Å². The molecule has 0 saturated heterocycles. The third-order valence-electron chi connectivity index (χ3n) is 4.89. The molecule has 28 heavy (non-hydrogen) atoms. The summed E-state index contributed by atoms with van der Waals surface area (Å²) in [5, 5.41) is 12.4. The first-order valence-corrected chi connectivity index (χ1v) is 9.01. The summed E-state index contributed by atoms with van der Waals surface area (Å²) >= 11 is 0. The molecule has 0 aliphatic heterocycles. The van der Waals surface area contributed by atoms with Gasteiger partial charge in [0.1, 0.15) is 11.6 Å². The number of hydrogen-bond acceptors (Lipinski definition) is 3. The molecule has 0 aliphatic carbocycles. The molecule has 0 aliphatic rings. The quantitative estimate of drug-likeness (QED) is 0.537. The van der Waals surface area contributed by atoms with Crippen LogP contribution in [0.3, 0.4) is 0 Å². The minimum absolute atomic E-state index is 0.0624. The van der Waals surface area contributed by atoms with Gasteiger partial charge in [0.05, 0.1) is 11.9 Å². The first-order valence-electron chi connectivity index (χ1n) is 9.01. The third-order valence-corrected chi connectivity index (χ3v) is 4.89. The van der Waals surface area contributed by atoms with E-state index in [2.05, 4.69) is 14.9 Å². The number of nitrogens with zero attached hydrogens (tertiary/aromatic N) is 3. The number of carbonyl (C=O) groups excluding carboxylic acids is 1. The van der Waals surface area contributed by atoms with Crippen LogP contribution in [0.25, 0.3) is 11.8 Å². The number of carbonyl (C=O) groups is 1. The molecule has 0 atom stereocenters. The van der Waals surface area contributed by atoms with Crippen LogP contribution in [-0.4, -0.2) is 15.5 Å². The summed E-state index contributed by atoms with van der Waals surface area (Å²) in [7, 11) is 0. The Morgan fingerprint density at radius 3 is 2.64 bits per heavy atom. The monoisotopic (exact) mass is 370 g/mol. The van der Waals surface area contributed by atoms with Crippen molar-refractivity contribution >= 4 is 17.7 Å². The number of aromatic nitrogens is 2. The standard InChI is InChI=1S/C23H22N4O/c1-15-7-5-9-22(17(15)3)26-23(28)20(13-24)12-19-11-16(2)27(18(19)4)21-8-6-10-25-14-21/h5-12,14H,1-4H3,(H,26,28)/b20-12-. The van der Waals surface area contributed by atoms with Gasteiger partial charge in [0.15, 0.2) is 0 Å². The molecule has 3 aromatic rings. The smallest absolute Gasteiger partial charge is 0.266 e. The fraction of sp³-hybridized carbons (Fsp3) is 0.174. The van der Waals surface area contributed by atoms with E-state index in [1.54, 1.807) is 18.5 Å². The van der Waals surface area contributed by atoms with Crippen molar-refractivity contribution in [3.63, 3.8) is 0 Å². The molecular formula is C23H22N4O. The zero-order valence-electron chi connectivity index (χ0n) is 16.4. The Kier molecular flexibility index (Phi) is 5.42. The molecule has 0 unspecified atom stereocenters. The van der Waals surface area contributed by atoms with Crippen molar-refractivity contribution in [2.75, 3.05) is 5.32 Å². The molecule has 140 valence electrons. The van der Waals surface area contributed by atoms with Crippen LogP contribution in [0.4, 0.5) is 5.69 Å². The van der Waals surface area contributed by atoms with Gasteiger partial charge in [-0.25, -0.2) is 0 Å². The SMILES string of the molecule is Cc1cccc(NC(=O)/C(C#N)=C\c2cc(C)n(-c3cccnc3)c2C)c1C. The summed E-state index contributed by atoms with van der Waals surface area (Å²) in [4.78, 5) is 16.8. The number of anilines is 1. The van der Waals surface area contributed by atoms with Crippen molar-refractivity contribution in [3.8, 4) is 11.8 Å². The van der Waals surface area contributed by atoms with Crippen molar-refractivity contribution in [2.24, 2.45) is 0 Å². The fourth-order valence-corrected chi connectivity index (χ4v) is 3.20. The van der Waals surface area contributed by atoms with Gasteiger partial charge in [0.2, 0.25) is 0 Å². The highest BCUT2D eigenvalue weighted by Crippen LogP contribution is 2.23. The Morgan fingerprint density at radius 1 is 1.18 bits per heavy atom. The van der Waals surface area contributed by atoms with Crippen molar-refractivity contribution in [2.45, 2.75) is 27.7 Å². The molecule has 1 N–H and O–H groups in total. The molecule has 5 nitrogen and oxygen atoms in total. The molecule has 0 radical (unpaired) electrons. The molecular weight excluding hydrogens is 348 g/mol. The van der Waals surface area contributed by atoms with Crippen LogP contribution in [0, 0.1) is 39.0 Å². The minimum Gasteiger partial charge on any atom is -0.321 e. The van der Waals surface area contributed by atoms with Crippen LogP contribution < -0.4 is 5.32 Å². The number of pyridine rings is 1. The Labute approximate surface area is 165 Å². The van der Waals surface area contributed by atoms with Crippen LogP contribution in [0.5, 0.6) is 0 Å². The van der Waals surface area contributed by atoms with Crippen LogP contribution in [0.2, 0.25) is 0 Å². The van der Waals surface area contributed by atoms with Gasteiger partial charge in [-0.3, -0.25) is 9.78 Å². The van der Waals surface area contributed by atoms with Crippen molar-refractivity contribution in [1.29, 1.82) is 5.26 Å². The molecule has 2 aromatic heterocycles. The van der Waals surface area contributed by atoms with Gasteiger partial charge < -0.3 is 9.88 Å². The first-order chi connectivity index (χ1) is 13.4. The van der Waals surface area contributed by atoms with Gasteiger partial charge in [-0.15, -0.1) is 0 Å². The average molecular weight is 370 g/mol. The molecule has 0 spiro atoms. The molecule has 2 heterocycles. The summed E-state index contributed by atoms with van der Waals surface area (Å²) < 4.78 is 2.05. The summed E-state index contributed by atoms with van der Waals surface area (Å²) in [6, 6.07) is 13.5. The van der Waals surface area contributed by atoms with E-state index in [0.29, 0.717) is 5.69 Å². The maximum absolute atomic E-state index is 12.7. The van der Waals surface area contributed by atoms with E-state index in [9.17, 15) is 10.1 Å². The third kappa shape index (κ3) is 3.72. The molecule has 0 bridgehead atoms. The van der Waals surface area contributed by atoms with Crippen molar-refractivity contribution < 1.29 is 4.79 Å². The number of rotatable bonds is 4. The molecule has 3 rings (SSSR count). The molecule has 0 fully saturated rings. The summed E-state index contributed by atoms with van der Waals surface area (Å²) in [6.45, 7) is 7.88. The second-order valence-corrected chi connectivity index (χ2v) is 6.74. The predicted octanol–water partition coefficient (Wildman–Crippen LogP) is 4.65. The number of aryl methyl sites for hydroxylation is 2. The largest absolute Gasteiger partial charge is 0.321 e. The van der Waals surface area contributed by atoms with Crippen LogP contribution in [0.1, 0.15) is 28.1 Å². The zero-order chi connectivity index (χ0) is 20.3. The second-order valence-electron chi connectivity index (χ2n) is 6.74. The highest BCUT2D eigenvalue weighted by atomic mass is 16.1. The van der Waals surface area contributed by atoms with E-state index in [-0.39, 0.29) is 5.57 Å². The molecule has 1 aromatic carbocycles. The highest BCUT2D eigenvalue weighted by molar-refractivity contribution is 6.10. The van der Waals surface area contributed by atoms with Gasteiger partial charge in [-0.05, 0) is 74.7 Å². The summed E-state index contributed by atoms with van der Waals surface area (Å²) in [6.07, 6.45) is 5.14. The normalized spacial score (nSPS) is 11.2. The maximum Gasteiger partial charge on any atom is 0.266 e. The Morgan fingerprint density at radius 2 is 1.96 bits per heavy atom. The average Bonchev–Trinajstić information content (AvgIpc) is 2.97. The van der Waals surface area contributed by atoms with E-state index < -0.39 is 5.91 Å². The van der Waals surface area contributed by atoms with E-state index in [0.717, 1.165) is 33.8 Å². The topological polar surface area (TPSA) is 70.7 Å². The van der Waals surface area contributed by atoms with Crippen molar-refractivity contribution in [1.82, 2.24) is 9.55 Å². The van der Waals surface area contributed by atoms with Gasteiger partial charge in [0, 0.05) is 23.3 Å². The van der Waals surface area contributed by atoms with Crippen LogP contribution in [-0.2, 0) is 4.79 Å². The van der Waals surface area contributed by atoms with E-state index in [1.165, 1.54) is 0 Å². The van der Waals surface area contributed by atoms with Crippen LogP contribution in [0.15, 0.2) is 54.4 Å². The van der Waals surface area contributed by atoms with Gasteiger partial charge in [0.25, 0.3) is 5.91 Å². The van der Waals surface area contributed by atoms with E-state index in [1.807, 2.05) is 70.2 Å². The first kappa shape index (κ1) is 19.1. The number of hydrogen-bond donors (Lipinski definition) is 1. The number of amides is 1. The molecule has 1 amide bonds. The van der Waals surface area contributed by atoms with Gasteiger partial charge in [-0.2, -0.15) is 5.26 Å². The highest BCUT2D eigenvalue weighted by Gasteiger charge is 2.15. The molecule has 0 saturated carbocycles. The minimum atomic E-state index is -0.414. The van der Waals surface area contributed by atoms with Crippen molar-refractivity contribution in [3.05, 3.63) is 82.4 Å². The Bertz CT molecular complexity index is 1100. The zero-order valence-corrected chi connectivity index (χ0v) is 16.4. The lowest BCUT2D eigenvalue weighted by molar-refractivity contribution is -0.112. The van der Waals surface area contributed by atoms with E-state index >= 15 is 0 Å². The number of nitrogens with one attached hydrogen (secondary N) is 1. The van der Waals surface area contributed by atoms with E-state index in [4.69, 9.17) is 0 Å². The predicted molar refractivity (Wildman–Crippen MR) is 111 cm³/mol. The fourth-order valence-electron chi connectivity index (χ4n) is 3.20. The second kappa shape index (κ2) is 7.93. The summed E-state index contributed by atoms with van der Waals surface area (Å²) in [5.74, 6) is -0.414. The lowest BCUT2D eigenvalue weighted by atomic mass is 10.1. The number of benzene rings is 1. The summed E-state index contributed by atoms with van der Waals surface area (Å²) in [5.41, 5.74) is 6.56. The lowest BCUT2D eigenvalue weighted by Crippen LogP contribution is -2.14. The van der Waals surface area contributed by atoms with Gasteiger partial charge >= 0.3 is 0 Å². The Balaban J connectivity index is 1.94. The molecule has 5 heteroatoms.